The third-order valence-electron chi connectivity index (χ3n) is 5.05. The van der Waals surface area contributed by atoms with Gasteiger partial charge in [0, 0.05) is 6.20 Å². The van der Waals surface area contributed by atoms with Crippen LogP contribution in [0.25, 0.3) is 5.65 Å². The molecule has 0 aliphatic carbocycles. The van der Waals surface area contributed by atoms with E-state index < -0.39 is 0 Å². The van der Waals surface area contributed by atoms with Gasteiger partial charge < -0.3 is 4.74 Å². The van der Waals surface area contributed by atoms with Gasteiger partial charge in [0.05, 0.1) is 17.3 Å². The third kappa shape index (κ3) is 4.74. The number of nitrogens with zero attached hydrogens (tertiary/aromatic N) is 3. The van der Waals surface area contributed by atoms with Gasteiger partial charge in [-0.3, -0.25) is 14.2 Å². The monoisotopic (exact) mass is 452 g/mol. The molecule has 2 N–H and O–H groups in total. The molecule has 0 aliphatic heterocycles. The van der Waals surface area contributed by atoms with Gasteiger partial charge in [0.2, 0.25) is 0 Å². The first-order valence-corrected chi connectivity index (χ1v) is 10.5. The normalized spacial score (nSPS) is 11.0. The summed E-state index contributed by atoms with van der Waals surface area (Å²) >= 11 is 6.11. The smallest absolute Gasteiger partial charge is 0.287 e. The lowest BCUT2D eigenvalue weighted by molar-refractivity contribution is 0.0735. The van der Waals surface area contributed by atoms with Crippen molar-refractivity contribution in [2.75, 3.05) is 0 Å². The molecule has 0 fully saturated rings. The number of benzene rings is 2. The number of rotatable bonds is 7. The molecule has 0 bridgehead atoms. The molecule has 0 radical (unpaired) electrons. The zero-order valence-electron chi connectivity index (χ0n) is 17.5. The Morgan fingerprint density at radius 1 is 1.09 bits per heavy atom. The van der Waals surface area contributed by atoms with E-state index in [0.29, 0.717) is 40.8 Å². The van der Waals surface area contributed by atoms with Gasteiger partial charge in [-0.25, -0.2) is 15.2 Å². The Balaban J connectivity index is 1.44. The molecule has 1 amide bonds. The molecule has 8 heteroatoms. The molecule has 0 spiro atoms. The molecule has 4 aromatic rings. The van der Waals surface area contributed by atoms with Gasteiger partial charge in [-0.15, -0.1) is 0 Å². The Morgan fingerprint density at radius 3 is 2.47 bits per heavy atom. The standard InChI is InChI=1S/C24H22ClFN4O2/c1-2-21-23(29-14-18(25)7-12-22(29)28-21)24(31)30(27)13-16-5-10-20(11-6-16)32-15-17-3-8-19(26)9-4-17/h3-12,14H,2,13,15,27H2,1H3. The van der Waals surface area contributed by atoms with Crippen molar-refractivity contribution in [1.29, 1.82) is 0 Å². The number of aromatic nitrogens is 2. The number of carbonyl (C=O) groups is 1. The maximum Gasteiger partial charge on any atom is 0.287 e. The average Bonchev–Trinajstić information content (AvgIpc) is 3.16. The number of halogens is 2. The quantitative estimate of drug-likeness (QED) is 0.249. The lowest BCUT2D eigenvalue weighted by Gasteiger charge is -2.17. The van der Waals surface area contributed by atoms with Crippen molar-refractivity contribution in [3.05, 3.63) is 100 Å². The zero-order valence-corrected chi connectivity index (χ0v) is 18.2. The van der Waals surface area contributed by atoms with Gasteiger partial charge >= 0.3 is 0 Å². The number of hydrogen-bond acceptors (Lipinski definition) is 4. The minimum absolute atomic E-state index is 0.216. The molecule has 0 saturated heterocycles. The number of pyridine rings is 1. The van der Waals surface area contributed by atoms with E-state index in [1.54, 1.807) is 34.9 Å². The van der Waals surface area contributed by atoms with Crippen LogP contribution in [-0.4, -0.2) is 20.3 Å². The maximum atomic E-state index is 13.1. The van der Waals surface area contributed by atoms with E-state index in [2.05, 4.69) is 4.98 Å². The molecule has 2 aromatic carbocycles. The topological polar surface area (TPSA) is 72.9 Å². The Bertz CT molecular complexity index is 1240. The van der Waals surface area contributed by atoms with Crippen LogP contribution in [0.2, 0.25) is 5.02 Å². The highest BCUT2D eigenvalue weighted by atomic mass is 35.5. The van der Waals surface area contributed by atoms with Crippen LogP contribution in [0.4, 0.5) is 4.39 Å². The summed E-state index contributed by atoms with van der Waals surface area (Å²) in [5.74, 6) is 6.17. The molecule has 0 saturated carbocycles. The fourth-order valence-corrected chi connectivity index (χ4v) is 3.54. The third-order valence-corrected chi connectivity index (χ3v) is 5.27. The summed E-state index contributed by atoms with van der Waals surface area (Å²) in [6, 6.07) is 17.0. The summed E-state index contributed by atoms with van der Waals surface area (Å²) in [5.41, 5.74) is 3.43. The molecular formula is C24H22ClFN4O2. The Hall–Kier alpha value is -3.42. The number of ether oxygens (including phenoxy) is 1. The fraction of sp³-hybridized carbons (Fsp3) is 0.167. The second-order valence-electron chi connectivity index (χ2n) is 7.33. The predicted molar refractivity (Wildman–Crippen MR) is 121 cm³/mol. The molecule has 4 rings (SSSR count). The van der Waals surface area contributed by atoms with Crippen LogP contribution < -0.4 is 10.6 Å². The van der Waals surface area contributed by atoms with Crippen LogP contribution >= 0.6 is 11.6 Å². The Morgan fingerprint density at radius 2 is 1.78 bits per heavy atom. The number of fused-ring (bicyclic) bond motifs is 1. The minimum atomic E-state index is -0.340. The highest BCUT2D eigenvalue weighted by Crippen LogP contribution is 2.20. The van der Waals surface area contributed by atoms with E-state index in [9.17, 15) is 9.18 Å². The van der Waals surface area contributed by atoms with Gasteiger partial charge in [0.15, 0.2) is 0 Å². The van der Waals surface area contributed by atoms with Crippen molar-refractivity contribution in [3.8, 4) is 5.75 Å². The van der Waals surface area contributed by atoms with Gasteiger partial charge in [0.1, 0.15) is 29.5 Å². The van der Waals surface area contributed by atoms with Crippen molar-refractivity contribution >= 4 is 23.2 Å². The summed E-state index contributed by atoms with van der Waals surface area (Å²) in [6.07, 6.45) is 2.26. The Kier molecular flexibility index (Phi) is 6.39. The van der Waals surface area contributed by atoms with Crippen molar-refractivity contribution in [2.45, 2.75) is 26.5 Å². The predicted octanol–water partition coefficient (Wildman–Crippen LogP) is 4.78. The van der Waals surface area contributed by atoms with E-state index >= 15 is 0 Å². The van der Waals surface area contributed by atoms with Crippen molar-refractivity contribution < 1.29 is 13.9 Å². The molecular weight excluding hydrogens is 431 g/mol. The minimum Gasteiger partial charge on any atom is -0.489 e. The van der Waals surface area contributed by atoms with Gasteiger partial charge in [-0.1, -0.05) is 42.8 Å². The first kappa shape index (κ1) is 21.8. The van der Waals surface area contributed by atoms with Crippen LogP contribution in [0.15, 0.2) is 66.9 Å². The summed E-state index contributed by atoms with van der Waals surface area (Å²) in [6.45, 7) is 2.48. The number of aryl methyl sites for hydroxylation is 1. The molecule has 0 unspecified atom stereocenters. The molecule has 164 valence electrons. The number of carbonyl (C=O) groups excluding carboxylic acids is 1. The van der Waals surface area contributed by atoms with Crippen LogP contribution in [0, 0.1) is 5.82 Å². The van der Waals surface area contributed by atoms with E-state index in [0.717, 1.165) is 16.1 Å². The fourth-order valence-electron chi connectivity index (χ4n) is 3.38. The van der Waals surface area contributed by atoms with Gasteiger partial charge in [0.25, 0.3) is 5.91 Å². The van der Waals surface area contributed by atoms with Crippen molar-refractivity contribution in [2.24, 2.45) is 5.84 Å². The lowest BCUT2D eigenvalue weighted by atomic mass is 10.2. The molecule has 2 heterocycles. The number of nitrogens with two attached hydrogens (primary N) is 1. The number of hydrogen-bond donors (Lipinski definition) is 1. The maximum absolute atomic E-state index is 13.1. The number of hydrazine groups is 1. The second-order valence-corrected chi connectivity index (χ2v) is 7.76. The van der Waals surface area contributed by atoms with Crippen molar-refractivity contribution in [1.82, 2.24) is 14.4 Å². The molecule has 2 aromatic heterocycles. The second kappa shape index (κ2) is 9.38. The molecule has 0 atom stereocenters. The van der Waals surface area contributed by atoms with E-state index in [1.165, 1.54) is 12.1 Å². The first-order valence-electron chi connectivity index (χ1n) is 10.1. The Labute approximate surface area is 190 Å². The highest BCUT2D eigenvalue weighted by Gasteiger charge is 2.22. The molecule has 32 heavy (non-hydrogen) atoms. The largest absolute Gasteiger partial charge is 0.489 e. The zero-order chi connectivity index (χ0) is 22.7. The number of amides is 1. The van der Waals surface area contributed by atoms with Crippen molar-refractivity contribution in [3.63, 3.8) is 0 Å². The first-order chi connectivity index (χ1) is 15.4. The average molecular weight is 453 g/mol. The lowest BCUT2D eigenvalue weighted by Crippen LogP contribution is -2.37. The summed E-state index contributed by atoms with van der Waals surface area (Å²) in [4.78, 5) is 17.6. The van der Waals surface area contributed by atoms with Crippen LogP contribution in [0.5, 0.6) is 5.75 Å². The van der Waals surface area contributed by atoms with Crippen LogP contribution in [0.3, 0.4) is 0 Å². The molecule has 0 aliphatic rings. The van der Waals surface area contributed by atoms with E-state index in [-0.39, 0.29) is 18.3 Å². The van der Waals surface area contributed by atoms with Gasteiger partial charge in [-0.2, -0.15) is 0 Å². The van der Waals surface area contributed by atoms with E-state index in [4.69, 9.17) is 22.2 Å². The SMILES string of the molecule is CCc1nc2ccc(Cl)cn2c1C(=O)N(N)Cc1ccc(OCc2ccc(F)cc2)cc1. The van der Waals surface area contributed by atoms with E-state index in [1.807, 2.05) is 31.2 Å². The number of imidazole rings is 1. The summed E-state index contributed by atoms with van der Waals surface area (Å²) in [5, 5.41) is 1.67. The van der Waals surface area contributed by atoms with Crippen LogP contribution in [0.1, 0.15) is 34.2 Å². The summed E-state index contributed by atoms with van der Waals surface area (Å²) in [7, 11) is 0. The highest BCUT2D eigenvalue weighted by molar-refractivity contribution is 6.30. The van der Waals surface area contributed by atoms with Gasteiger partial charge in [-0.05, 0) is 53.9 Å². The van der Waals surface area contributed by atoms with Crippen LogP contribution in [-0.2, 0) is 19.6 Å². The molecule has 6 nitrogen and oxygen atoms in total. The summed E-state index contributed by atoms with van der Waals surface area (Å²) < 4.78 is 20.4.